The Hall–Kier alpha value is -5.31. The number of sulfone groups is 1. The standard InChI is InChI=1S/C35H20F9N3O2S/c36-32(37,34(40,41)42)33(38,39)35(43,44)50(48,49)28-18-17-22-13-16-26(19-27(22)20-28)21-11-14-25(15-12-21)31-46-29(23-7-3-1-4-8-23)45-30(47-31)24-9-5-2-6-10-24/h1-20H. The fourth-order valence-corrected chi connectivity index (χ4v) is 6.29. The lowest BCUT2D eigenvalue weighted by molar-refractivity contribution is -0.382. The summed E-state index contributed by atoms with van der Waals surface area (Å²) in [6.07, 6.45) is -7.17. The van der Waals surface area contributed by atoms with E-state index in [0.29, 0.717) is 46.3 Å². The van der Waals surface area contributed by atoms with E-state index >= 15 is 0 Å². The summed E-state index contributed by atoms with van der Waals surface area (Å²) in [5.41, 5.74) is 2.99. The minimum atomic E-state index is -7.36. The van der Waals surface area contributed by atoms with Crippen molar-refractivity contribution in [2.24, 2.45) is 0 Å². The van der Waals surface area contributed by atoms with Crippen molar-refractivity contribution < 1.29 is 47.9 Å². The lowest BCUT2D eigenvalue weighted by Crippen LogP contribution is -2.63. The second-order valence-corrected chi connectivity index (χ2v) is 13.0. The molecule has 0 fully saturated rings. The minimum Gasteiger partial charge on any atom is -0.217 e. The van der Waals surface area contributed by atoms with Gasteiger partial charge >= 0.3 is 23.3 Å². The van der Waals surface area contributed by atoms with Gasteiger partial charge in [-0.25, -0.2) is 23.4 Å². The molecule has 50 heavy (non-hydrogen) atoms. The maximum Gasteiger partial charge on any atom is 0.460 e. The molecule has 0 aliphatic carbocycles. The van der Waals surface area contributed by atoms with Crippen molar-refractivity contribution in [2.45, 2.75) is 28.2 Å². The van der Waals surface area contributed by atoms with Crippen molar-refractivity contribution in [2.75, 3.05) is 0 Å². The van der Waals surface area contributed by atoms with E-state index in [-0.39, 0.29) is 10.8 Å². The predicted octanol–water partition coefficient (Wildman–Crippen LogP) is 9.89. The van der Waals surface area contributed by atoms with Crippen LogP contribution in [0.3, 0.4) is 0 Å². The maximum atomic E-state index is 14.5. The average molecular weight is 718 g/mol. The SMILES string of the molecule is O=S(=O)(c1ccc2ccc(-c3ccc(-c4nc(-c5ccccc5)nc(-c5ccccc5)n4)cc3)cc2c1)C(F)(F)C(F)(F)C(F)(F)C(F)(F)F. The Morgan fingerprint density at radius 3 is 1.32 bits per heavy atom. The normalized spacial score (nSPS) is 13.1. The van der Waals surface area contributed by atoms with Crippen molar-refractivity contribution in [3.63, 3.8) is 0 Å². The van der Waals surface area contributed by atoms with Gasteiger partial charge in [0.15, 0.2) is 17.5 Å². The van der Waals surface area contributed by atoms with Crippen molar-refractivity contribution in [3.8, 4) is 45.3 Å². The fraction of sp³-hybridized carbons (Fsp3) is 0.114. The zero-order valence-electron chi connectivity index (χ0n) is 25.0. The number of alkyl halides is 9. The molecule has 0 aliphatic heterocycles. The summed E-state index contributed by atoms with van der Waals surface area (Å²) in [6, 6.07) is 31.3. The Kier molecular flexibility index (Phi) is 8.45. The Bertz CT molecular complexity index is 2240. The zero-order valence-corrected chi connectivity index (χ0v) is 25.8. The highest BCUT2D eigenvalue weighted by molar-refractivity contribution is 7.92. The first-order valence-corrected chi connectivity index (χ1v) is 15.9. The van der Waals surface area contributed by atoms with Gasteiger partial charge in [0.05, 0.1) is 4.90 Å². The number of hydrogen-bond donors (Lipinski definition) is 0. The average Bonchev–Trinajstić information content (AvgIpc) is 3.11. The van der Waals surface area contributed by atoms with E-state index < -0.39 is 38.0 Å². The van der Waals surface area contributed by atoms with E-state index in [2.05, 4.69) is 15.0 Å². The predicted molar refractivity (Wildman–Crippen MR) is 167 cm³/mol. The Morgan fingerprint density at radius 1 is 0.420 bits per heavy atom. The van der Waals surface area contributed by atoms with Crippen molar-refractivity contribution >= 4 is 20.6 Å². The van der Waals surface area contributed by atoms with Gasteiger partial charge in [-0.1, -0.05) is 103 Å². The summed E-state index contributed by atoms with van der Waals surface area (Å²) in [5.74, 6) is -13.5. The van der Waals surface area contributed by atoms with Gasteiger partial charge in [-0.05, 0) is 40.1 Å². The number of benzene rings is 5. The number of rotatable bonds is 8. The van der Waals surface area contributed by atoms with Gasteiger partial charge in [-0.15, -0.1) is 0 Å². The van der Waals surface area contributed by atoms with Crippen LogP contribution in [0.25, 0.3) is 56.1 Å². The molecule has 0 saturated heterocycles. The van der Waals surface area contributed by atoms with Gasteiger partial charge in [0.1, 0.15) is 0 Å². The van der Waals surface area contributed by atoms with E-state index in [4.69, 9.17) is 0 Å². The lowest BCUT2D eigenvalue weighted by atomic mass is 10.00. The summed E-state index contributed by atoms with van der Waals surface area (Å²) in [5, 5.41) is -6.71. The molecule has 1 heterocycles. The molecule has 15 heteroatoms. The van der Waals surface area contributed by atoms with Crippen LogP contribution in [-0.2, 0) is 9.84 Å². The summed E-state index contributed by atoms with van der Waals surface area (Å²) in [4.78, 5) is 12.3. The van der Waals surface area contributed by atoms with Gasteiger partial charge in [0.25, 0.3) is 0 Å². The second kappa shape index (κ2) is 12.2. The van der Waals surface area contributed by atoms with Crippen LogP contribution >= 0.6 is 0 Å². The van der Waals surface area contributed by atoms with Crippen LogP contribution < -0.4 is 0 Å². The van der Waals surface area contributed by atoms with Gasteiger partial charge in [-0.2, -0.15) is 39.5 Å². The van der Waals surface area contributed by atoms with E-state index in [0.717, 1.165) is 17.2 Å². The lowest BCUT2D eigenvalue weighted by Gasteiger charge is -2.33. The molecule has 1 aromatic heterocycles. The van der Waals surface area contributed by atoms with Gasteiger partial charge in [-0.3, -0.25) is 0 Å². The van der Waals surface area contributed by atoms with Crippen molar-refractivity contribution in [3.05, 3.63) is 121 Å². The Morgan fingerprint density at radius 2 is 0.840 bits per heavy atom. The molecule has 0 amide bonds. The fourth-order valence-electron chi connectivity index (χ4n) is 5.00. The smallest absolute Gasteiger partial charge is 0.217 e. The largest absolute Gasteiger partial charge is 0.460 e. The van der Waals surface area contributed by atoms with Gasteiger partial charge in [0, 0.05) is 16.7 Å². The summed E-state index contributed by atoms with van der Waals surface area (Å²) >= 11 is 0. The van der Waals surface area contributed by atoms with Crippen LogP contribution in [0.5, 0.6) is 0 Å². The van der Waals surface area contributed by atoms with Crippen molar-refractivity contribution in [1.82, 2.24) is 15.0 Å². The molecule has 0 aliphatic rings. The Labute approximate surface area is 278 Å². The molecule has 0 radical (unpaired) electrons. The van der Waals surface area contributed by atoms with Gasteiger partial charge < -0.3 is 0 Å². The minimum absolute atomic E-state index is 0.105. The molecule has 0 unspecified atom stereocenters. The molecule has 6 aromatic rings. The third kappa shape index (κ3) is 5.84. The molecule has 0 saturated carbocycles. The summed E-state index contributed by atoms with van der Waals surface area (Å²) < 4.78 is 147. The molecule has 5 nitrogen and oxygen atoms in total. The molecule has 0 spiro atoms. The highest BCUT2D eigenvalue weighted by Gasteiger charge is 2.85. The van der Waals surface area contributed by atoms with E-state index in [1.165, 1.54) is 12.1 Å². The van der Waals surface area contributed by atoms with Crippen LogP contribution in [0, 0.1) is 0 Å². The first-order valence-electron chi connectivity index (χ1n) is 14.4. The van der Waals surface area contributed by atoms with Crippen molar-refractivity contribution in [1.29, 1.82) is 0 Å². The molecule has 0 bridgehead atoms. The van der Waals surface area contributed by atoms with Gasteiger partial charge in [0.2, 0.25) is 9.84 Å². The van der Waals surface area contributed by atoms with Crippen LogP contribution in [-0.4, -0.2) is 46.6 Å². The zero-order chi connectivity index (χ0) is 36.1. The molecule has 0 N–H and O–H groups in total. The van der Waals surface area contributed by atoms with E-state index in [9.17, 15) is 47.9 Å². The quantitative estimate of drug-likeness (QED) is 0.147. The number of fused-ring (bicyclic) bond motifs is 1. The van der Waals surface area contributed by atoms with E-state index in [1.807, 2.05) is 60.7 Å². The number of nitrogens with zero attached hydrogens (tertiary/aromatic N) is 3. The molecule has 256 valence electrons. The van der Waals surface area contributed by atoms with E-state index in [1.54, 1.807) is 30.3 Å². The molecule has 5 aromatic carbocycles. The third-order valence-corrected chi connectivity index (χ3v) is 9.56. The molecule has 0 atom stereocenters. The van der Waals surface area contributed by atoms with Crippen LogP contribution in [0.1, 0.15) is 0 Å². The van der Waals surface area contributed by atoms with Crippen LogP contribution in [0.15, 0.2) is 126 Å². The summed E-state index contributed by atoms with van der Waals surface area (Å²) in [6.45, 7) is 0. The topological polar surface area (TPSA) is 72.8 Å². The monoisotopic (exact) mass is 717 g/mol. The molecular weight excluding hydrogens is 697 g/mol. The highest BCUT2D eigenvalue weighted by atomic mass is 32.2. The number of aromatic nitrogens is 3. The number of halogens is 9. The van der Waals surface area contributed by atoms with Crippen LogP contribution in [0.2, 0.25) is 0 Å². The third-order valence-electron chi connectivity index (χ3n) is 7.75. The highest BCUT2D eigenvalue weighted by Crippen LogP contribution is 2.55. The first kappa shape index (κ1) is 34.5. The Balaban J connectivity index is 1.35. The summed E-state index contributed by atoms with van der Waals surface area (Å²) in [7, 11) is -6.77. The molecule has 6 rings (SSSR count). The molecular formula is C35H20F9N3O2S. The second-order valence-electron chi connectivity index (χ2n) is 11.0. The first-order chi connectivity index (χ1) is 23.4. The maximum absolute atomic E-state index is 14.5. The number of hydrogen-bond acceptors (Lipinski definition) is 5. The van der Waals surface area contributed by atoms with Crippen LogP contribution in [0.4, 0.5) is 39.5 Å².